The Morgan fingerprint density at radius 1 is 1.59 bits per heavy atom. The van der Waals surface area contributed by atoms with Crippen LogP contribution >= 0.6 is 0 Å². The van der Waals surface area contributed by atoms with Crippen LogP contribution in [0.4, 0.5) is 0 Å². The molecule has 1 aromatic heterocycles. The average molecular weight is 251 g/mol. The predicted octanol–water partition coefficient (Wildman–Crippen LogP) is 1.13. The molecule has 0 bridgehead atoms. The van der Waals surface area contributed by atoms with Crippen LogP contribution in [0.25, 0.3) is 0 Å². The summed E-state index contributed by atoms with van der Waals surface area (Å²) in [5.41, 5.74) is -0.0356. The zero-order valence-corrected chi connectivity index (χ0v) is 10.3. The molecule has 0 spiro atoms. The molecular weight excluding hydrogens is 238 g/mol. The van der Waals surface area contributed by atoms with Gasteiger partial charge in [-0.15, -0.1) is 0 Å². The summed E-state index contributed by atoms with van der Waals surface area (Å²) < 4.78 is 26.2. The Kier molecular flexibility index (Phi) is 3.13. The summed E-state index contributed by atoms with van der Waals surface area (Å²) in [4.78, 5) is 3.80. The van der Waals surface area contributed by atoms with Crippen LogP contribution in [0.3, 0.4) is 0 Å². The van der Waals surface area contributed by atoms with Crippen molar-refractivity contribution in [1.29, 1.82) is 5.26 Å². The number of hydrogen-bond donors (Lipinski definition) is 0. The van der Waals surface area contributed by atoms with Crippen molar-refractivity contribution in [2.45, 2.75) is 30.7 Å². The number of aromatic nitrogens is 1. The van der Waals surface area contributed by atoms with E-state index in [4.69, 9.17) is 5.26 Å². The maximum atomic E-state index is 12.4. The number of pyridine rings is 1. The summed E-state index contributed by atoms with van der Waals surface area (Å²) in [6.07, 6.45) is 3.22. The average Bonchev–Trinajstić information content (AvgIpc) is 3.14. The quantitative estimate of drug-likeness (QED) is 0.804. The van der Waals surface area contributed by atoms with Gasteiger partial charge >= 0.3 is 0 Å². The molecule has 5 nitrogen and oxygen atoms in total. The molecule has 2 rings (SSSR count). The molecule has 6 heteroatoms. The first-order chi connectivity index (χ1) is 8.11. The summed E-state index contributed by atoms with van der Waals surface area (Å²) >= 11 is 0. The van der Waals surface area contributed by atoms with E-state index in [1.54, 1.807) is 6.92 Å². The standard InChI is InChI=1S/C11H13N3O2S/c1-2-14(9-5-6-9)17(15,16)11-4-3-7-13-10(11)8-12/h3-4,7,9H,2,5-6H2,1H3. The molecule has 0 saturated heterocycles. The van der Waals surface area contributed by atoms with Gasteiger partial charge in [0.1, 0.15) is 11.0 Å². The number of nitrogens with zero attached hydrogens (tertiary/aromatic N) is 3. The molecule has 1 fully saturated rings. The fourth-order valence-electron chi connectivity index (χ4n) is 1.80. The number of sulfonamides is 1. The molecule has 17 heavy (non-hydrogen) atoms. The maximum Gasteiger partial charge on any atom is 0.246 e. The van der Waals surface area contributed by atoms with Crippen LogP contribution in [0.15, 0.2) is 23.2 Å². The largest absolute Gasteiger partial charge is 0.246 e. The summed E-state index contributed by atoms with van der Waals surface area (Å²) in [5.74, 6) is 0. The maximum absolute atomic E-state index is 12.4. The first-order valence-electron chi connectivity index (χ1n) is 5.48. The van der Waals surface area contributed by atoms with Gasteiger partial charge in [0.15, 0.2) is 5.69 Å². The first kappa shape index (κ1) is 12.0. The van der Waals surface area contributed by atoms with Crippen molar-refractivity contribution in [2.75, 3.05) is 6.54 Å². The van der Waals surface area contributed by atoms with Crippen LogP contribution in [-0.2, 0) is 10.0 Å². The lowest BCUT2D eigenvalue weighted by molar-refractivity contribution is 0.420. The van der Waals surface area contributed by atoms with Crippen LogP contribution in [0, 0.1) is 11.3 Å². The van der Waals surface area contributed by atoms with Crippen LogP contribution in [0.1, 0.15) is 25.5 Å². The zero-order valence-electron chi connectivity index (χ0n) is 9.50. The minimum atomic E-state index is -3.58. The van der Waals surface area contributed by atoms with Gasteiger partial charge in [-0.25, -0.2) is 13.4 Å². The van der Waals surface area contributed by atoms with Crippen LogP contribution in [0.5, 0.6) is 0 Å². The van der Waals surface area contributed by atoms with Crippen molar-refractivity contribution in [3.8, 4) is 6.07 Å². The van der Waals surface area contributed by atoms with Gasteiger partial charge in [-0.05, 0) is 25.0 Å². The monoisotopic (exact) mass is 251 g/mol. The third kappa shape index (κ3) is 2.16. The second-order valence-corrected chi connectivity index (χ2v) is 5.76. The summed E-state index contributed by atoms with van der Waals surface area (Å²) in [5, 5.41) is 8.90. The van der Waals surface area contributed by atoms with Crippen LogP contribution < -0.4 is 0 Å². The van der Waals surface area contributed by atoms with E-state index in [9.17, 15) is 8.42 Å². The van der Waals surface area contributed by atoms with Crippen molar-refractivity contribution in [3.63, 3.8) is 0 Å². The minimum Gasteiger partial charge on any atom is -0.244 e. The van der Waals surface area contributed by atoms with Gasteiger partial charge < -0.3 is 0 Å². The molecular formula is C11H13N3O2S. The van der Waals surface area contributed by atoms with Gasteiger partial charge in [0, 0.05) is 18.8 Å². The normalized spacial score (nSPS) is 15.8. The number of nitriles is 1. The van der Waals surface area contributed by atoms with E-state index in [2.05, 4.69) is 4.98 Å². The zero-order chi connectivity index (χ0) is 12.5. The smallest absolute Gasteiger partial charge is 0.244 e. The molecule has 0 amide bonds. The van der Waals surface area contributed by atoms with E-state index in [0.717, 1.165) is 12.8 Å². The summed E-state index contributed by atoms with van der Waals surface area (Å²) in [6, 6.07) is 4.89. The Morgan fingerprint density at radius 2 is 2.29 bits per heavy atom. The third-order valence-corrected chi connectivity index (χ3v) is 4.79. The molecule has 1 aliphatic rings. The molecule has 0 aromatic carbocycles. The first-order valence-corrected chi connectivity index (χ1v) is 6.92. The number of hydrogen-bond acceptors (Lipinski definition) is 4. The SMILES string of the molecule is CCN(C1CC1)S(=O)(=O)c1cccnc1C#N. The highest BCUT2D eigenvalue weighted by Gasteiger charge is 2.38. The molecule has 0 aliphatic heterocycles. The van der Waals surface area contributed by atoms with E-state index >= 15 is 0 Å². The van der Waals surface area contributed by atoms with E-state index in [0.29, 0.717) is 6.54 Å². The number of rotatable bonds is 4. The van der Waals surface area contributed by atoms with E-state index < -0.39 is 10.0 Å². The Morgan fingerprint density at radius 3 is 2.82 bits per heavy atom. The summed E-state index contributed by atoms with van der Waals surface area (Å²) in [6.45, 7) is 2.23. The molecule has 0 unspecified atom stereocenters. The van der Waals surface area contributed by atoms with Gasteiger partial charge in [0.2, 0.25) is 10.0 Å². The van der Waals surface area contributed by atoms with Crippen molar-refractivity contribution in [3.05, 3.63) is 24.0 Å². The lowest BCUT2D eigenvalue weighted by Crippen LogP contribution is -2.33. The molecule has 90 valence electrons. The molecule has 0 radical (unpaired) electrons. The second-order valence-electron chi connectivity index (χ2n) is 3.90. The van der Waals surface area contributed by atoms with Gasteiger partial charge in [0.05, 0.1) is 0 Å². The Balaban J connectivity index is 2.47. The highest BCUT2D eigenvalue weighted by molar-refractivity contribution is 7.89. The van der Waals surface area contributed by atoms with Crippen LogP contribution in [-0.4, -0.2) is 30.3 Å². The Labute approximate surface area is 101 Å². The minimum absolute atomic E-state index is 0.0104. The van der Waals surface area contributed by atoms with Gasteiger partial charge in [-0.3, -0.25) is 0 Å². The van der Waals surface area contributed by atoms with Gasteiger partial charge in [-0.2, -0.15) is 9.57 Å². The molecule has 1 aromatic rings. The lowest BCUT2D eigenvalue weighted by atomic mass is 10.4. The Bertz CT molecular complexity index is 558. The fourth-order valence-corrected chi connectivity index (χ4v) is 3.59. The van der Waals surface area contributed by atoms with Gasteiger partial charge in [0.25, 0.3) is 0 Å². The highest BCUT2D eigenvalue weighted by atomic mass is 32.2. The fraction of sp³-hybridized carbons (Fsp3) is 0.455. The topological polar surface area (TPSA) is 74.1 Å². The molecule has 1 aliphatic carbocycles. The lowest BCUT2D eigenvalue weighted by Gasteiger charge is -2.20. The van der Waals surface area contributed by atoms with E-state index in [1.165, 1.54) is 22.6 Å². The van der Waals surface area contributed by atoms with E-state index in [1.807, 2.05) is 6.07 Å². The molecule has 1 heterocycles. The van der Waals surface area contributed by atoms with Crippen LogP contribution in [0.2, 0.25) is 0 Å². The molecule has 0 N–H and O–H groups in total. The van der Waals surface area contributed by atoms with Gasteiger partial charge in [-0.1, -0.05) is 6.92 Å². The molecule has 1 saturated carbocycles. The van der Waals surface area contributed by atoms with Crippen molar-refractivity contribution in [2.24, 2.45) is 0 Å². The van der Waals surface area contributed by atoms with Crippen molar-refractivity contribution in [1.82, 2.24) is 9.29 Å². The predicted molar refractivity (Wildman–Crippen MR) is 61.5 cm³/mol. The third-order valence-electron chi connectivity index (χ3n) is 2.73. The summed E-state index contributed by atoms with van der Waals surface area (Å²) in [7, 11) is -3.58. The Hall–Kier alpha value is -1.45. The second kappa shape index (κ2) is 4.43. The van der Waals surface area contributed by atoms with E-state index in [-0.39, 0.29) is 16.6 Å². The molecule has 0 atom stereocenters. The van der Waals surface area contributed by atoms with Crippen molar-refractivity contribution < 1.29 is 8.42 Å². The highest BCUT2D eigenvalue weighted by Crippen LogP contribution is 2.32. The van der Waals surface area contributed by atoms with Crippen molar-refractivity contribution >= 4 is 10.0 Å².